The molecule has 5 heteroatoms. The number of hydrogen-bond acceptors (Lipinski definition) is 4. The lowest BCUT2D eigenvalue weighted by Crippen LogP contribution is -2.50. The third kappa shape index (κ3) is 37.4. The average Bonchev–Trinajstić information content (AvgIpc) is 3.15. The van der Waals surface area contributed by atoms with Gasteiger partial charge in [0, 0.05) is 6.42 Å². The standard InChI is InChI=1S/C47H93NO4/c1-3-5-7-9-11-13-15-16-17-18-19-20-21-22-23-24-25-26-27-28-29-30-32-34-36-38-40-42-46(51)48-44(43-49)47(52)45(50)41-39-37-35-33-31-14-12-10-8-6-4-2/h33,35,44-45,47,49-50,52H,3-32,34,36-43H2,1-2H3,(H,48,51)/b35-33+. The monoisotopic (exact) mass is 736 g/mol. The predicted octanol–water partition coefficient (Wildman–Crippen LogP) is 13.6. The molecule has 0 aliphatic rings. The van der Waals surface area contributed by atoms with Crippen LogP contribution in [-0.2, 0) is 4.79 Å². The number of amides is 1. The molecule has 1 amide bonds. The Morgan fingerprint density at radius 1 is 0.462 bits per heavy atom. The van der Waals surface area contributed by atoms with E-state index >= 15 is 0 Å². The molecule has 5 nitrogen and oxygen atoms in total. The van der Waals surface area contributed by atoms with E-state index in [1.54, 1.807) is 0 Å². The Kier molecular flexibility index (Phi) is 42.1. The second-order valence-corrected chi connectivity index (χ2v) is 16.3. The topological polar surface area (TPSA) is 89.8 Å². The summed E-state index contributed by atoms with van der Waals surface area (Å²) >= 11 is 0. The zero-order valence-electron chi connectivity index (χ0n) is 35.2. The number of carbonyl (C=O) groups excluding carboxylic acids is 1. The highest BCUT2D eigenvalue weighted by atomic mass is 16.3. The smallest absolute Gasteiger partial charge is 0.220 e. The first-order valence-electron chi connectivity index (χ1n) is 23.5. The molecule has 52 heavy (non-hydrogen) atoms. The lowest BCUT2D eigenvalue weighted by molar-refractivity contribution is -0.124. The summed E-state index contributed by atoms with van der Waals surface area (Å²) in [7, 11) is 0. The number of rotatable bonds is 43. The van der Waals surface area contributed by atoms with Crippen molar-refractivity contribution < 1.29 is 20.1 Å². The molecule has 310 valence electrons. The van der Waals surface area contributed by atoms with Crippen molar-refractivity contribution in [2.24, 2.45) is 0 Å². The van der Waals surface area contributed by atoms with Gasteiger partial charge in [-0.15, -0.1) is 0 Å². The summed E-state index contributed by atoms with van der Waals surface area (Å²) in [5, 5.41) is 33.4. The summed E-state index contributed by atoms with van der Waals surface area (Å²) in [4.78, 5) is 12.4. The molecule has 0 aromatic heterocycles. The normalized spacial score (nSPS) is 13.6. The van der Waals surface area contributed by atoms with E-state index in [0.717, 1.165) is 38.5 Å². The van der Waals surface area contributed by atoms with Crippen LogP contribution in [0, 0.1) is 0 Å². The Morgan fingerprint density at radius 2 is 0.769 bits per heavy atom. The van der Waals surface area contributed by atoms with Gasteiger partial charge in [0.2, 0.25) is 5.91 Å². The highest BCUT2D eigenvalue weighted by molar-refractivity contribution is 5.76. The largest absolute Gasteiger partial charge is 0.394 e. The molecule has 3 unspecified atom stereocenters. The zero-order chi connectivity index (χ0) is 38.0. The molecule has 0 saturated carbocycles. The second kappa shape index (κ2) is 42.8. The summed E-state index contributed by atoms with van der Waals surface area (Å²) in [6, 6.07) is -0.820. The Hall–Kier alpha value is -0.910. The number of allylic oxidation sites excluding steroid dienone is 2. The van der Waals surface area contributed by atoms with Gasteiger partial charge in [-0.2, -0.15) is 0 Å². The van der Waals surface area contributed by atoms with Crippen LogP contribution in [0.3, 0.4) is 0 Å². The minimum absolute atomic E-state index is 0.150. The fourth-order valence-electron chi connectivity index (χ4n) is 7.46. The molecule has 0 spiro atoms. The maximum absolute atomic E-state index is 12.4. The van der Waals surface area contributed by atoms with Crippen LogP contribution in [0.5, 0.6) is 0 Å². The molecule has 0 bridgehead atoms. The summed E-state index contributed by atoms with van der Waals surface area (Å²) < 4.78 is 0. The predicted molar refractivity (Wildman–Crippen MR) is 227 cm³/mol. The van der Waals surface area contributed by atoms with E-state index in [9.17, 15) is 20.1 Å². The maximum atomic E-state index is 12.4. The van der Waals surface area contributed by atoms with Gasteiger partial charge in [-0.3, -0.25) is 4.79 Å². The number of aliphatic hydroxyl groups is 3. The molecule has 0 radical (unpaired) electrons. The van der Waals surface area contributed by atoms with Crippen LogP contribution >= 0.6 is 0 Å². The first kappa shape index (κ1) is 51.1. The maximum Gasteiger partial charge on any atom is 0.220 e. The van der Waals surface area contributed by atoms with Gasteiger partial charge in [-0.1, -0.05) is 225 Å². The van der Waals surface area contributed by atoms with Crippen molar-refractivity contribution in [1.82, 2.24) is 5.32 Å². The quantitative estimate of drug-likeness (QED) is 0.0371. The average molecular weight is 736 g/mol. The fourth-order valence-corrected chi connectivity index (χ4v) is 7.46. The Morgan fingerprint density at radius 3 is 1.12 bits per heavy atom. The van der Waals surface area contributed by atoms with E-state index in [4.69, 9.17) is 0 Å². The van der Waals surface area contributed by atoms with E-state index < -0.39 is 18.2 Å². The molecule has 4 N–H and O–H groups in total. The highest BCUT2D eigenvalue weighted by Crippen LogP contribution is 2.17. The van der Waals surface area contributed by atoms with E-state index in [-0.39, 0.29) is 12.5 Å². The third-order valence-corrected chi connectivity index (χ3v) is 11.1. The lowest BCUT2D eigenvalue weighted by atomic mass is 10.0. The summed E-state index contributed by atoms with van der Waals surface area (Å²) in [6.07, 6.45) is 50.6. The van der Waals surface area contributed by atoms with Crippen molar-refractivity contribution >= 4 is 5.91 Å². The molecule has 0 aromatic rings. The molecule has 0 aliphatic heterocycles. The van der Waals surface area contributed by atoms with Crippen molar-refractivity contribution in [2.75, 3.05) is 6.61 Å². The van der Waals surface area contributed by atoms with Crippen LogP contribution in [0.15, 0.2) is 12.2 Å². The minimum Gasteiger partial charge on any atom is -0.394 e. The lowest BCUT2D eigenvalue weighted by Gasteiger charge is -2.26. The van der Waals surface area contributed by atoms with Crippen molar-refractivity contribution in [2.45, 2.75) is 276 Å². The van der Waals surface area contributed by atoms with Crippen LogP contribution in [0.25, 0.3) is 0 Å². The van der Waals surface area contributed by atoms with Crippen molar-refractivity contribution in [3.8, 4) is 0 Å². The number of hydrogen-bond donors (Lipinski definition) is 4. The van der Waals surface area contributed by atoms with E-state index in [1.807, 2.05) is 0 Å². The number of carbonyl (C=O) groups is 1. The number of aliphatic hydroxyl groups excluding tert-OH is 3. The van der Waals surface area contributed by atoms with Crippen molar-refractivity contribution in [3.63, 3.8) is 0 Å². The molecular formula is C47H93NO4. The fraction of sp³-hybridized carbons (Fsp3) is 0.936. The van der Waals surface area contributed by atoms with Crippen LogP contribution in [0.2, 0.25) is 0 Å². The van der Waals surface area contributed by atoms with E-state index in [0.29, 0.717) is 12.8 Å². The Bertz CT molecular complexity index is 728. The molecule has 0 heterocycles. The molecule has 0 aliphatic carbocycles. The van der Waals surface area contributed by atoms with Crippen LogP contribution in [0.1, 0.15) is 258 Å². The SMILES string of the molecule is CCCCCCCC/C=C/CCCC(O)C(O)C(CO)NC(=O)CCCCCCCCCCCCCCCCCCCCCCCCCCCCC. The number of nitrogens with one attached hydrogen (secondary N) is 1. The van der Waals surface area contributed by atoms with Gasteiger partial charge in [0.05, 0.1) is 18.8 Å². The van der Waals surface area contributed by atoms with Gasteiger partial charge < -0.3 is 20.6 Å². The molecule has 0 saturated heterocycles. The van der Waals surface area contributed by atoms with Crippen LogP contribution < -0.4 is 5.32 Å². The third-order valence-electron chi connectivity index (χ3n) is 11.1. The van der Waals surface area contributed by atoms with Crippen LogP contribution in [-0.4, -0.2) is 46.1 Å². The highest BCUT2D eigenvalue weighted by Gasteiger charge is 2.26. The van der Waals surface area contributed by atoms with Crippen molar-refractivity contribution in [1.29, 1.82) is 0 Å². The number of unbranched alkanes of at least 4 members (excludes halogenated alkanes) is 33. The van der Waals surface area contributed by atoms with Gasteiger partial charge in [-0.25, -0.2) is 0 Å². The van der Waals surface area contributed by atoms with Crippen LogP contribution in [0.4, 0.5) is 0 Å². The van der Waals surface area contributed by atoms with Gasteiger partial charge in [-0.05, 0) is 38.5 Å². The van der Waals surface area contributed by atoms with Crippen molar-refractivity contribution in [3.05, 3.63) is 12.2 Å². The molecule has 0 rings (SSSR count). The van der Waals surface area contributed by atoms with E-state index in [2.05, 4.69) is 31.3 Å². The van der Waals surface area contributed by atoms with Gasteiger partial charge >= 0.3 is 0 Å². The molecule has 0 aromatic carbocycles. The summed E-state index contributed by atoms with van der Waals surface area (Å²) in [5.41, 5.74) is 0. The Balaban J connectivity index is 3.50. The molecule has 0 fully saturated rings. The molecular weight excluding hydrogens is 643 g/mol. The van der Waals surface area contributed by atoms with Gasteiger partial charge in [0.1, 0.15) is 6.10 Å². The minimum atomic E-state index is -1.15. The first-order chi connectivity index (χ1) is 25.6. The Labute approximate surface area is 325 Å². The molecule has 3 atom stereocenters. The van der Waals surface area contributed by atoms with Gasteiger partial charge in [0.25, 0.3) is 0 Å². The first-order valence-corrected chi connectivity index (χ1v) is 23.5. The van der Waals surface area contributed by atoms with E-state index in [1.165, 1.54) is 193 Å². The summed E-state index contributed by atoms with van der Waals surface area (Å²) in [5.74, 6) is -0.150. The summed E-state index contributed by atoms with van der Waals surface area (Å²) in [6.45, 7) is 4.16. The van der Waals surface area contributed by atoms with Gasteiger partial charge in [0.15, 0.2) is 0 Å². The zero-order valence-corrected chi connectivity index (χ0v) is 35.2. The second-order valence-electron chi connectivity index (χ2n) is 16.3.